The number of nitrogens with zero attached hydrogens (tertiary/aromatic N) is 2. The lowest BCUT2D eigenvalue weighted by molar-refractivity contribution is 0.0910. The van der Waals surface area contributed by atoms with Crippen molar-refractivity contribution in [2.45, 2.75) is 0 Å². The third kappa shape index (κ3) is 3.96. The van der Waals surface area contributed by atoms with Gasteiger partial charge in [0, 0.05) is 46.6 Å². The lowest BCUT2D eigenvalue weighted by Crippen LogP contribution is -2.31. The fraction of sp³-hybridized carbons (Fsp3) is 0. The molecule has 2 heterocycles. The lowest BCUT2D eigenvalue weighted by Gasteiger charge is -2.20. The number of rotatable bonds is 2. The summed E-state index contributed by atoms with van der Waals surface area (Å²) in [5.74, 6) is -2.05. The fourth-order valence-corrected chi connectivity index (χ4v) is 9.72. The van der Waals surface area contributed by atoms with E-state index in [2.05, 4.69) is 127 Å². The monoisotopic (exact) mass is 1040 g/mol. The van der Waals surface area contributed by atoms with Crippen LogP contribution in [0.1, 0.15) is 41.4 Å². The van der Waals surface area contributed by atoms with Gasteiger partial charge in [0.25, 0.3) is 23.6 Å². The number of carbonyl (C=O) groups excluding carboxylic acids is 4. The molecular weight excluding hydrogens is 1040 g/mol. The van der Waals surface area contributed by atoms with E-state index in [0.29, 0.717) is 57.9 Å². The Morgan fingerprint density at radius 1 is 0.375 bits per heavy atom. The summed E-state index contributed by atoms with van der Waals surface area (Å²) in [5, 5.41) is 1.02. The van der Waals surface area contributed by atoms with Crippen molar-refractivity contribution in [2.75, 3.05) is 9.80 Å². The maximum atomic E-state index is 13.7. The van der Waals surface area contributed by atoms with E-state index in [1.54, 1.807) is 36.4 Å². The predicted molar refractivity (Wildman–Crippen MR) is 181 cm³/mol. The average Bonchev–Trinajstić information content (AvgIpc) is 3.35. The van der Waals surface area contributed by atoms with Crippen molar-refractivity contribution in [1.82, 2.24) is 0 Å². The highest BCUT2D eigenvalue weighted by molar-refractivity contribution is 9.15. The first-order valence-electron chi connectivity index (χ1n) is 10.9. The molecular formula is C26H6Br8N2O4. The molecule has 0 radical (unpaired) electrons. The summed E-state index contributed by atoms with van der Waals surface area (Å²) in [6, 6.07) is 10.2. The molecule has 0 unspecified atom stereocenters. The quantitative estimate of drug-likeness (QED) is 0.114. The molecule has 0 bridgehead atoms. The summed E-state index contributed by atoms with van der Waals surface area (Å²) in [4.78, 5) is 57.0. The van der Waals surface area contributed by atoms with Gasteiger partial charge in [0.05, 0.1) is 33.6 Å². The molecule has 200 valence electrons. The minimum Gasteiger partial charge on any atom is -0.268 e. The fourth-order valence-electron chi connectivity index (χ4n) is 4.80. The summed E-state index contributed by atoms with van der Waals surface area (Å²) in [5.41, 5.74) is 1.50. The maximum Gasteiger partial charge on any atom is 0.267 e. The zero-order valence-corrected chi connectivity index (χ0v) is 31.7. The molecule has 6 nitrogen and oxygen atoms in total. The van der Waals surface area contributed by atoms with Crippen LogP contribution in [-0.4, -0.2) is 23.6 Å². The molecule has 0 aliphatic carbocycles. The molecule has 0 atom stereocenters. The first-order chi connectivity index (χ1) is 18.9. The van der Waals surface area contributed by atoms with Crippen LogP contribution in [-0.2, 0) is 0 Å². The van der Waals surface area contributed by atoms with Gasteiger partial charge in [-0.25, -0.2) is 9.80 Å². The molecule has 0 spiro atoms. The highest BCUT2D eigenvalue weighted by Gasteiger charge is 2.44. The molecule has 4 aromatic rings. The summed E-state index contributed by atoms with van der Waals surface area (Å²) in [6.45, 7) is 0. The van der Waals surface area contributed by atoms with Crippen molar-refractivity contribution in [2.24, 2.45) is 0 Å². The van der Waals surface area contributed by atoms with Crippen LogP contribution in [0.4, 0.5) is 11.4 Å². The van der Waals surface area contributed by atoms with E-state index >= 15 is 0 Å². The second-order valence-electron chi connectivity index (χ2n) is 8.55. The molecule has 2 aliphatic heterocycles. The summed E-state index contributed by atoms with van der Waals surface area (Å²) in [6.07, 6.45) is 0. The molecule has 0 aromatic heterocycles. The number of fused-ring (bicyclic) bond motifs is 3. The number of amides is 4. The molecule has 4 aromatic carbocycles. The zero-order chi connectivity index (χ0) is 28.9. The Kier molecular flexibility index (Phi) is 7.67. The van der Waals surface area contributed by atoms with Crippen LogP contribution in [0.5, 0.6) is 0 Å². The Bertz CT molecular complexity index is 1710. The molecule has 0 fully saturated rings. The lowest BCUT2D eigenvalue weighted by atomic mass is 10.0. The summed E-state index contributed by atoms with van der Waals surface area (Å²) in [7, 11) is 0. The third-order valence-corrected chi connectivity index (χ3v) is 16.1. The Balaban J connectivity index is 1.54. The number of benzene rings is 4. The molecule has 4 amide bonds. The van der Waals surface area contributed by atoms with E-state index in [9.17, 15) is 19.2 Å². The molecule has 0 N–H and O–H groups in total. The van der Waals surface area contributed by atoms with Crippen molar-refractivity contribution < 1.29 is 19.2 Å². The van der Waals surface area contributed by atoms with Gasteiger partial charge in [-0.2, -0.15) is 0 Å². The second-order valence-corrected chi connectivity index (χ2v) is 14.9. The molecule has 14 heteroatoms. The van der Waals surface area contributed by atoms with Gasteiger partial charge in [-0.15, -0.1) is 0 Å². The van der Waals surface area contributed by atoms with Crippen LogP contribution < -0.4 is 9.80 Å². The molecule has 0 saturated carbocycles. The van der Waals surface area contributed by atoms with Gasteiger partial charge in [-0.1, -0.05) is 24.3 Å². The first-order valence-corrected chi connectivity index (χ1v) is 17.3. The Hall–Kier alpha value is -0.740. The topological polar surface area (TPSA) is 74.8 Å². The van der Waals surface area contributed by atoms with Crippen molar-refractivity contribution >= 4 is 173 Å². The molecule has 6 rings (SSSR count). The van der Waals surface area contributed by atoms with E-state index in [1.807, 2.05) is 0 Å². The van der Waals surface area contributed by atoms with Gasteiger partial charge >= 0.3 is 0 Å². The predicted octanol–water partition coefficient (Wildman–Crippen LogP) is 10.5. The van der Waals surface area contributed by atoms with Crippen LogP contribution in [0.2, 0.25) is 0 Å². The number of carbonyl (C=O) groups is 4. The molecule has 40 heavy (non-hydrogen) atoms. The second kappa shape index (κ2) is 10.5. The highest BCUT2D eigenvalue weighted by Crippen LogP contribution is 2.49. The van der Waals surface area contributed by atoms with Crippen molar-refractivity contribution in [3.63, 3.8) is 0 Å². The van der Waals surface area contributed by atoms with Crippen molar-refractivity contribution in [3.05, 3.63) is 94.4 Å². The van der Waals surface area contributed by atoms with Gasteiger partial charge in [-0.3, -0.25) is 19.2 Å². The van der Waals surface area contributed by atoms with Crippen LogP contribution >= 0.6 is 127 Å². The number of hydrogen-bond donors (Lipinski definition) is 0. The van der Waals surface area contributed by atoms with Gasteiger partial charge in [0.2, 0.25) is 0 Å². The van der Waals surface area contributed by atoms with E-state index in [4.69, 9.17) is 0 Å². The minimum absolute atomic E-state index is 0.214. The Morgan fingerprint density at radius 3 is 0.875 bits per heavy atom. The average molecular weight is 1050 g/mol. The van der Waals surface area contributed by atoms with Gasteiger partial charge in [0.1, 0.15) is 0 Å². The van der Waals surface area contributed by atoms with E-state index in [1.165, 1.54) is 0 Å². The summed E-state index contributed by atoms with van der Waals surface area (Å²) >= 11 is 27.6. The zero-order valence-electron chi connectivity index (χ0n) is 19.0. The van der Waals surface area contributed by atoms with Gasteiger partial charge in [-0.05, 0) is 140 Å². The largest absolute Gasteiger partial charge is 0.268 e. The number of hydrogen-bond acceptors (Lipinski definition) is 4. The van der Waals surface area contributed by atoms with Crippen LogP contribution in [0, 0.1) is 0 Å². The minimum atomic E-state index is -0.512. The van der Waals surface area contributed by atoms with E-state index in [0.717, 1.165) is 9.80 Å². The standard InChI is InChI=1S/C26H6Br8N2O4/c27-15-11-12(16(28)20(32)19(15)31)24(38)35(23(11)37)9-5-1-3-7-8(9)4-2-6-10(7)36-25(39)13-14(26(36)40)18(30)22(34)21(33)17(13)29/h1-6H. The number of imide groups is 2. The van der Waals surface area contributed by atoms with Crippen LogP contribution in [0.15, 0.2) is 72.2 Å². The van der Waals surface area contributed by atoms with Gasteiger partial charge in [0.15, 0.2) is 0 Å². The molecule has 0 saturated heterocycles. The van der Waals surface area contributed by atoms with Gasteiger partial charge < -0.3 is 0 Å². The van der Waals surface area contributed by atoms with E-state index in [-0.39, 0.29) is 22.3 Å². The van der Waals surface area contributed by atoms with Crippen molar-refractivity contribution in [3.8, 4) is 0 Å². The Morgan fingerprint density at radius 2 is 0.625 bits per heavy atom. The third-order valence-electron chi connectivity index (χ3n) is 6.56. The SMILES string of the molecule is O=C1c2c(Br)c(Br)c(Br)c(Br)c2C(=O)N1c1cccc2c(N3C(=O)c4c(Br)c(Br)c(Br)c(Br)c4C3=O)cccc12. The normalized spacial score (nSPS) is 14.6. The van der Waals surface area contributed by atoms with E-state index < -0.39 is 23.6 Å². The Labute approximate surface area is 293 Å². The highest BCUT2D eigenvalue weighted by atomic mass is 79.9. The summed E-state index contributed by atoms with van der Waals surface area (Å²) < 4.78 is 4.12. The number of anilines is 2. The first kappa shape index (κ1) is 29.3. The smallest absolute Gasteiger partial charge is 0.267 e. The van der Waals surface area contributed by atoms with Crippen molar-refractivity contribution in [1.29, 1.82) is 0 Å². The van der Waals surface area contributed by atoms with Crippen LogP contribution in [0.25, 0.3) is 10.8 Å². The number of halogens is 8. The maximum absolute atomic E-state index is 13.7. The molecule has 2 aliphatic rings. The van der Waals surface area contributed by atoms with Crippen LogP contribution in [0.3, 0.4) is 0 Å².